The van der Waals surface area contributed by atoms with Crippen molar-refractivity contribution in [2.24, 2.45) is 0 Å². The number of fused-ring (bicyclic) bond motifs is 1. The first-order valence-corrected chi connectivity index (χ1v) is 6.32. The van der Waals surface area contributed by atoms with E-state index in [-0.39, 0.29) is 0 Å². The standard InChI is InChI=1S/C15H18N2/c1-10(2)12-6-7-15(14-5-4-13(12)14)17-8-11(3)16-9-17/h6-10H,4-5H2,1-3H3. The van der Waals surface area contributed by atoms with Crippen LogP contribution in [0.5, 0.6) is 0 Å². The number of benzene rings is 1. The number of aromatic nitrogens is 2. The lowest BCUT2D eigenvalue weighted by atomic mass is 9.80. The third-order valence-corrected chi connectivity index (χ3v) is 3.68. The van der Waals surface area contributed by atoms with Crippen molar-refractivity contribution in [3.05, 3.63) is 47.0 Å². The second-order valence-corrected chi connectivity index (χ2v) is 5.21. The summed E-state index contributed by atoms with van der Waals surface area (Å²) in [5.41, 5.74) is 7.01. The van der Waals surface area contributed by atoms with Crippen LogP contribution < -0.4 is 0 Å². The van der Waals surface area contributed by atoms with Gasteiger partial charge in [-0.3, -0.25) is 0 Å². The molecule has 0 saturated carbocycles. The van der Waals surface area contributed by atoms with Gasteiger partial charge in [0.15, 0.2) is 0 Å². The average Bonchev–Trinajstić information content (AvgIpc) is 2.65. The normalized spacial score (nSPS) is 13.6. The highest BCUT2D eigenvalue weighted by molar-refractivity contribution is 5.55. The topological polar surface area (TPSA) is 17.8 Å². The first-order chi connectivity index (χ1) is 8.16. The maximum atomic E-state index is 4.31. The molecule has 0 aliphatic heterocycles. The molecule has 0 spiro atoms. The summed E-state index contributed by atoms with van der Waals surface area (Å²) in [5, 5.41) is 0. The minimum absolute atomic E-state index is 0.627. The molecule has 0 atom stereocenters. The molecular weight excluding hydrogens is 208 g/mol. The van der Waals surface area contributed by atoms with E-state index in [0.29, 0.717) is 5.92 Å². The Kier molecular flexibility index (Phi) is 2.32. The summed E-state index contributed by atoms with van der Waals surface area (Å²) in [5.74, 6) is 0.627. The zero-order valence-corrected chi connectivity index (χ0v) is 10.7. The molecule has 0 fully saturated rings. The summed E-state index contributed by atoms with van der Waals surface area (Å²) in [4.78, 5) is 4.31. The Morgan fingerprint density at radius 1 is 1.18 bits per heavy atom. The van der Waals surface area contributed by atoms with Crippen LogP contribution >= 0.6 is 0 Å². The summed E-state index contributed by atoms with van der Waals surface area (Å²) in [6, 6.07) is 4.53. The lowest BCUT2D eigenvalue weighted by molar-refractivity contribution is 0.757. The SMILES string of the molecule is Cc1cn(-c2ccc(C(C)C)c3c2CC3)cn1. The molecule has 3 rings (SSSR count). The van der Waals surface area contributed by atoms with Gasteiger partial charge in [0.05, 0.1) is 12.0 Å². The van der Waals surface area contributed by atoms with E-state index in [1.165, 1.54) is 29.7 Å². The molecule has 1 heterocycles. The first-order valence-electron chi connectivity index (χ1n) is 6.32. The fourth-order valence-electron chi connectivity index (χ4n) is 2.68. The quantitative estimate of drug-likeness (QED) is 0.767. The Morgan fingerprint density at radius 3 is 2.47 bits per heavy atom. The molecule has 1 aromatic heterocycles. The van der Waals surface area contributed by atoms with Crippen molar-refractivity contribution in [2.45, 2.75) is 39.5 Å². The second-order valence-electron chi connectivity index (χ2n) is 5.21. The molecule has 0 N–H and O–H groups in total. The molecule has 0 radical (unpaired) electrons. The highest BCUT2D eigenvalue weighted by Crippen LogP contribution is 2.35. The molecule has 0 saturated heterocycles. The van der Waals surface area contributed by atoms with Gasteiger partial charge in [0.25, 0.3) is 0 Å². The van der Waals surface area contributed by atoms with Gasteiger partial charge in [-0.2, -0.15) is 0 Å². The van der Waals surface area contributed by atoms with Crippen LogP contribution in [0.4, 0.5) is 0 Å². The van der Waals surface area contributed by atoms with Crippen LogP contribution in [0.3, 0.4) is 0 Å². The molecule has 2 aromatic rings. The lowest BCUT2D eigenvalue weighted by Crippen LogP contribution is -2.16. The first kappa shape index (κ1) is 10.6. The minimum Gasteiger partial charge on any atom is -0.306 e. The Morgan fingerprint density at radius 2 is 1.94 bits per heavy atom. The molecule has 2 nitrogen and oxygen atoms in total. The summed E-state index contributed by atoms with van der Waals surface area (Å²) >= 11 is 0. The number of hydrogen-bond acceptors (Lipinski definition) is 1. The Bertz CT molecular complexity index is 564. The van der Waals surface area contributed by atoms with Crippen LogP contribution in [0.2, 0.25) is 0 Å². The smallest absolute Gasteiger partial charge is 0.0995 e. The number of hydrogen-bond donors (Lipinski definition) is 0. The van der Waals surface area contributed by atoms with Crippen molar-refractivity contribution in [1.82, 2.24) is 9.55 Å². The molecule has 0 amide bonds. The summed E-state index contributed by atoms with van der Waals surface area (Å²) in [6.07, 6.45) is 6.47. The molecule has 1 aliphatic carbocycles. The van der Waals surface area contributed by atoms with Crippen molar-refractivity contribution in [2.75, 3.05) is 0 Å². The van der Waals surface area contributed by atoms with E-state index in [2.05, 4.69) is 41.7 Å². The highest BCUT2D eigenvalue weighted by Gasteiger charge is 2.22. The Hall–Kier alpha value is -1.57. The molecule has 0 unspecified atom stereocenters. The Balaban J connectivity index is 2.12. The number of aryl methyl sites for hydroxylation is 1. The van der Waals surface area contributed by atoms with E-state index in [4.69, 9.17) is 0 Å². The maximum Gasteiger partial charge on any atom is 0.0995 e. The fraction of sp³-hybridized carbons (Fsp3) is 0.400. The van der Waals surface area contributed by atoms with E-state index < -0.39 is 0 Å². The van der Waals surface area contributed by atoms with E-state index in [1.54, 1.807) is 5.56 Å². The van der Waals surface area contributed by atoms with Gasteiger partial charge in [-0.1, -0.05) is 19.9 Å². The highest BCUT2D eigenvalue weighted by atomic mass is 15.0. The van der Waals surface area contributed by atoms with Crippen LogP contribution in [0.15, 0.2) is 24.7 Å². The van der Waals surface area contributed by atoms with E-state index in [1.807, 2.05) is 13.3 Å². The molecule has 17 heavy (non-hydrogen) atoms. The van der Waals surface area contributed by atoms with E-state index in [0.717, 1.165) is 5.69 Å². The molecule has 0 bridgehead atoms. The van der Waals surface area contributed by atoms with Gasteiger partial charge in [0.2, 0.25) is 0 Å². The van der Waals surface area contributed by atoms with Gasteiger partial charge in [-0.05, 0) is 48.4 Å². The van der Waals surface area contributed by atoms with E-state index in [9.17, 15) is 0 Å². The van der Waals surface area contributed by atoms with Crippen molar-refractivity contribution >= 4 is 0 Å². The van der Waals surface area contributed by atoms with Gasteiger partial charge in [-0.15, -0.1) is 0 Å². The van der Waals surface area contributed by atoms with Crippen LogP contribution in [-0.4, -0.2) is 9.55 Å². The number of nitrogens with zero attached hydrogens (tertiary/aromatic N) is 2. The molecule has 88 valence electrons. The van der Waals surface area contributed by atoms with Crippen molar-refractivity contribution in [3.8, 4) is 5.69 Å². The lowest BCUT2D eigenvalue weighted by Gasteiger charge is -2.27. The fourth-order valence-corrected chi connectivity index (χ4v) is 2.68. The van der Waals surface area contributed by atoms with Gasteiger partial charge < -0.3 is 4.57 Å². The average molecular weight is 226 g/mol. The van der Waals surface area contributed by atoms with Crippen LogP contribution in [0.1, 0.15) is 42.1 Å². The van der Waals surface area contributed by atoms with Gasteiger partial charge in [-0.25, -0.2) is 4.98 Å². The van der Waals surface area contributed by atoms with Crippen molar-refractivity contribution in [3.63, 3.8) is 0 Å². The zero-order valence-electron chi connectivity index (χ0n) is 10.7. The molecule has 1 aliphatic rings. The zero-order chi connectivity index (χ0) is 12.0. The number of imidazole rings is 1. The molecule has 1 aromatic carbocycles. The third-order valence-electron chi connectivity index (χ3n) is 3.68. The van der Waals surface area contributed by atoms with Crippen molar-refractivity contribution < 1.29 is 0 Å². The summed E-state index contributed by atoms with van der Waals surface area (Å²) < 4.78 is 2.15. The predicted octanol–water partition coefficient (Wildman–Crippen LogP) is 3.40. The van der Waals surface area contributed by atoms with Crippen LogP contribution in [0.25, 0.3) is 5.69 Å². The second kappa shape index (κ2) is 3.73. The summed E-state index contributed by atoms with van der Waals surface area (Å²) in [6.45, 7) is 6.58. The molecular formula is C15H18N2. The van der Waals surface area contributed by atoms with Gasteiger partial charge in [0, 0.05) is 11.9 Å². The minimum atomic E-state index is 0.627. The predicted molar refractivity (Wildman–Crippen MR) is 69.8 cm³/mol. The largest absolute Gasteiger partial charge is 0.306 e. The van der Waals surface area contributed by atoms with Crippen LogP contribution in [0, 0.1) is 6.92 Å². The van der Waals surface area contributed by atoms with Gasteiger partial charge >= 0.3 is 0 Å². The third kappa shape index (κ3) is 1.59. The van der Waals surface area contributed by atoms with Crippen molar-refractivity contribution in [1.29, 1.82) is 0 Å². The maximum absolute atomic E-state index is 4.31. The Labute approximate surface area is 102 Å². The molecule has 2 heteroatoms. The number of rotatable bonds is 2. The van der Waals surface area contributed by atoms with Crippen LogP contribution in [-0.2, 0) is 12.8 Å². The van der Waals surface area contributed by atoms with Gasteiger partial charge in [0.1, 0.15) is 0 Å². The van der Waals surface area contributed by atoms with E-state index >= 15 is 0 Å². The summed E-state index contributed by atoms with van der Waals surface area (Å²) in [7, 11) is 0. The monoisotopic (exact) mass is 226 g/mol.